The van der Waals surface area contributed by atoms with Crippen molar-refractivity contribution in [1.29, 1.82) is 0 Å². The summed E-state index contributed by atoms with van der Waals surface area (Å²) in [6, 6.07) is 9.60. The molecule has 1 heterocycles. The summed E-state index contributed by atoms with van der Waals surface area (Å²) in [5, 5.41) is 0. The molecule has 1 aliphatic heterocycles. The van der Waals surface area contributed by atoms with Gasteiger partial charge in [0.1, 0.15) is 0 Å². The molecule has 2 unspecified atom stereocenters. The van der Waals surface area contributed by atoms with Crippen LogP contribution in [0.4, 0.5) is 0 Å². The molecule has 150 valence electrons. The predicted molar refractivity (Wildman–Crippen MR) is 113 cm³/mol. The number of benzene rings is 1. The molecule has 28 heavy (non-hydrogen) atoms. The highest BCUT2D eigenvalue weighted by Gasteiger charge is 2.57. The minimum absolute atomic E-state index is 0.0665. The van der Waals surface area contributed by atoms with Crippen LogP contribution in [0.3, 0.4) is 0 Å². The van der Waals surface area contributed by atoms with Crippen molar-refractivity contribution in [3.8, 4) is 0 Å². The normalized spacial score (nSPS) is 37.2. The Labute approximate surface area is 176 Å². The number of nitrogens with zero attached hydrogens (tertiary/aromatic N) is 1. The summed E-state index contributed by atoms with van der Waals surface area (Å²) in [4.78, 5) is 27.9. The molecule has 0 radical (unpaired) electrons. The highest BCUT2D eigenvalue weighted by Crippen LogP contribution is 2.65. The second-order valence-electron chi connectivity index (χ2n) is 10.2. The number of ketones is 1. The molecule has 0 spiro atoms. The molecule has 4 heteroatoms. The zero-order valence-corrected chi connectivity index (χ0v) is 18.1. The number of hydrogen-bond acceptors (Lipinski definition) is 2. The molecule has 1 amide bonds. The smallest absolute Gasteiger partial charge is 0.223 e. The van der Waals surface area contributed by atoms with Gasteiger partial charge < -0.3 is 4.90 Å². The van der Waals surface area contributed by atoms with E-state index in [4.69, 9.17) is 0 Å². The van der Waals surface area contributed by atoms with Crippen molar-refractivity contribution in [2.45, 2.75) is 62.1 Å². The third-order valence-corrected chi connectivity index (χ3v) is 8.84. The highest BCUT2D eigenvalue weighted by molar-refractivity contribution is 9.10. The van der Waals surface area contributed by atoms with E-state index in [1.165, 1.54) is 38.5 Å². The minimum atomic E-state index is 0.0665. The Kier molecular flexibility index (Phi) is 4.69. The average Bonchev–Trinajstić information content (AvgIpc) is 2.66. The van der Waals surface area contributed by atoms with Gasteiger partial charge in [-0.25, -0.2) is 0 Å². The molecule has 4 aliphatic carbocycles. The molecule has 0 N–H and O–H groups in total. The molecule has 4 bridgehead atoms. The van der Waals surface area contributed by atoms with Crippen LogP contribution in [-0.4, -0.2) is 34.0 Å². The van der Waals surface area contributed by atoms with Crippen molar-refractivity contribution in [3.05, 3.63) is 35.9 Å². The molecule has 5 aliphatic rings. The summed E-state index contributed by atoms with van der Waals surface area (Å²) in [5.74, 6) is 2.29. The number of alkyl halides is 1. The first kappa shape index (κ1) is 18.8. The Morgan fingerprint density at radius 1 is 1.00 bits per heavy atom. The molecular formula is C24H30BrNO2. The van der Waals surface area contributed by atoms with E-state index in [0.29, 0.717) is 10.2 Å². The Balaban J connectivity index is 1.19. The van der Waals surface area contributed by atoms with E-state index >= 15 is 0 Å². The van der Waals surface area contributed by atoms with Crippen molar-refractivity contribution in [3.63, 3.8) is 0 Å². The number of Topliss-reactive ketones (excluding diaryl/α,β-unsaturated/α-hetero) is 1. The fourth-order valence-electron chi connectivity index (χ4n) is 7.20. The quantitative estimate of drug-likeness (QED) is 0.471. The Bertz CT molecular complexity index is 754. The van der Waals surface area contributed by atoms with Crippen LogP contribution >= 0.6 is 15.9 Å². The SMILES string of the molecule is O=C(c1ccccc1)C1CCN(C(=O)CC23CC4CC(CC(Br)(C4)C2)C3)CC1. The lowest BCUT2D eigenvalue weighted by Gasteiger charge is -2.60. The lowest BCUT2D eigenvalue weighted by molar-refractivity contribution is -0.139. The highest BCUT2D eigenvalue weighted by atomic mass is 79.9. The Morgan fingerprint density at radius 3 is 2.25 bits per heavy atom. The molecule has 2 atom stereocenters. The predicted octanol–water partition coefficient (Wildman–Crippen LogP) is 5.23. The van der Waals surface area contributed by atoms with Gasteiger partial charge in [0.2, 0.25) is 5.91 Å². The summed E-state index contributed by atoms with van der Waals surface area (Å²) in [7, 11) is 0. The Morgan fingerprint density at radius 2 is 1.64 bits per heavy atom. The van der Waals surface area contributed by atoms with Crippen LogP contribution in [-0.2, 0) is 4.79 Å². The van der Waals surface area contributed by atoms with E-state index in [-0.39, 0.29) is 17.1 Å². The van der Waals surface area contributed by atoms with E-state index in [9.17, 15) is 9.59 Å². The first-order chi connectivity index (χ1) is 13.4. The van der Waals surface area contributed by atoms with E-state index in [1.54, 1.807) is 0 Å². The molecule has 5 fully saturated rings. The Hall–Kier alpha value is -1.16. The fraction of sp³-hybridized carbons (Fsp3) is 0.667. The van der Waals surface area contributed by atoms with Crippen LogP contribution in [0.5, 0.6) is 0 Å². The second-order valence-corrected chi connectivity index (χ2v) is 11.9. The van der Waals surface area contributed by atoms with Gasteiger partial charge in [-0.3, -0.25) is 9.59 Å². The van der Waals surface area contributed by atoms with Gasteiger partial charge in [0.25, 0.3) is 0 Å². The summed E-state index contributed by atoms with van der Waals surface area (Å²) in [5.41, 5.74) is 1.05. The minimum Gasteiger partial charge on any atom is -0.343 e. The van der Waals surface area contributed by atoms with Crippen molar-refractivity contribution < 1.29 is 9.59 Å². The topological polar surface area (TPSA) is 37.4 Å². The van der Waals surface area contributed by atoms with E-state index < -0.39 is 0 Å². The zero-order chi connectivity index (χ0) is 19.4. The fourth-order valence-corrected chi connectivity index (χ4v) is 8.72. The molecular weight excluding hydrogens is 414 g/mol. The number of likely N-dealkylation sites (tertiary alicyclic amines) is 1. The van der Waals surface area contributed by atoms with Crippen LogP contribution in [0.2, 0.25) is 0 Å². The van der Waals surface area contributed by atoms with Crippen LogP contribution in [0.25, 0.3) is 0 Å². The molecule has 1 aromatic carbocycles. The van der Waals surface area contributed by atoms with Gasteiger partial charge >= 0.3 is 0 Å². The van der Waals surface area contributed by atoms with Gasteiger partial charge in [-0.1, -0.05) is 46.3 Å². The van der Waals surface area contributed by atoms with Gasteiger partial charge in [-0.2, -0.15) is 0 Å². The summed E-state index contributed by atoms with van der Waals surface area (Å²) in [6.45, 7) is 1.48. The maximum atomic E-state index is 13.2. The van der Waals surface area contributed by atoms with Gasteiger partial charge in [-0.15, -0.1) is 0 Å². The van der Waals surface area contributed by atoms with Crippen molar-refractivity contribution >= 4 is 27.6 Å². The van der Waals surface area contributed by atoms with E-state index in [2.05, 4.69) is 15.9 Å². The monoisotopic (exact) mass is 443 g/mol. The van der Waals surface area contributed by atoms with Crippen molar-refractivity contribution in [2.75, 3.05) is 13.1 Å². The van der Waals surface area contributed by atoms with Crippen LogP contribution in [0.1, 0.15) is 68.1 Å². The number of carbonyl (C=O) groups excluding carboxylic acids is 2. The lowest BCUT2D eigenvalue weighted by Crippen LogP contribution is -2.54. The van der Waals surface area contributed by atoms with Crippen molar-refractivity contribution in [1.82, 2.24) is 4.90 Å². The maximum absolute atomic E-state index is 13.2. The summed E-state index contributed by atoms with van der Waals surface area (Å²) < 4.78 is 0.312. The largest absolute Gasteiger partial charge is 0.343 e. The molecule has 0 aromatic heterocycles. The number of piperidine rings is 1. The number of carbonyl (C=O) groups is 2. The molecule has 3 nitrogen and oxygen atoms in total. The van der Waals surface area contributed by atoms with Crippen molar-refractivity contribution in [2.24, 2.45) is 23.2 Å². The third kappa shape index (κ3) is 3.46. The maximum Gasteiger partial charge on any atom is 0.223 e. The number of amides is 1. The molecule has 6 rings (SSSR count). The third-order valence-electron chi connectivity index (χ3n) is 7.91. The summed E-state index contributed by atoms with van der Waals surface area (Å²) >= 11 is 4.06. The molecule has 1 aromatic rings. The zero-order valence-electron chi connectivity index (χ0n) is 16.5. The number of hydrogen-bond donors (Lipinski definition) is 0. The van der Waals surface area contributed by atoms with Gasteiger partial charge in [0.05, 0.1) is 0 Å². The first-order valence-corrected chi connectivity index (χ1v) is 11.8. The standard InChI is InChI=1S/C24H30BrNO2/c25-24-13-17-10-18(14-24)12-23(11-17,16-24)15-21(27)26-8-6-20(7-9-26)22(28)19-4-2-1-3-5-19/h1-5,17-18,20H,6-16H2. The number of rotatable bonds is 4. The number of halogens is 1. The van der Waals surface area contributed by atoms with Gasteiger partial charge in [0.15, 0.2) is 5.78 Å². The average molecular weight is 444 g/mol. The molecule has 1 saturated heterocycles. The van der Waals surface area contributed by atoms with E-state index in [0.717, 1.165) is 49.8 Å². The lowest BCUT2D eigenvalue weighted by atomic mass is 9.48. The van der Waals surface area contributed by atoms with Crippen LogP contribution in [0.15, 0.2) is 30.3 Å². The van der Waals surface area contributed by atoms with Crippen LogP contribution in [0, 0.1) is 23.2 Å². The first-order valence-electron chi connectivity index (χ1n) is 11.0. The van der Waals surface area contributed by atoms with Gasteiger partial charge in [-0.05, 0) is 68.6 Å². The summed E-state index contributed by atoms with van der Waals surface area (Å²) in [6.07, 6.45) is 10.0. The van der Waals surface area contributed by atoms with Gasteiger partial charge in [0, 0.05) is 35.3 Å². The molecule has 4 saturated carbocycles. The van der Waals surface area contributed by atoms with E-state index in [1.807, 2.05) is 35.2 Å². The second kappa shape index (κ2) is 6.97. The van der Waals surface area contributed by atoms with Crippen LogP contribution < -0.4 is 0 Å².